The minimum absolute atomic E-state index is 0.148. The van der Waals surface area contributed by atoms with E-state index in [9.17, 15) is 17.2 Å². The second-order valence-corrected chi connectivity index (χ2v) is 7.68. The molecule has 1 aliphatic heterocycles. The van der Waals surface area contributed by atoms with Gasteiger partial charge in [-0.05, 0) is 37.3 Å². The molecule has 26 heavy (non-hydrogen) atoms. The van der Waals surface area contributed by atoms with Gasteiger partial charge in [-0.15, -0.1) is 10.2 Å². The molecular weight excluding hydrogens is 364 g/mol. The molecule has 0 radical (unpaired) electrons. The number of rotatable bonds is 5. The molecule has 0 aliphatic carbocycles. The third kappa shape index (κ3) is 3.75. The number of aromatic nitrogens is 2. The van der Waals surface area contributed by atoms with Crippen LogP contribution in [0.15, 0.2) is 35.2 Å². The van der Waals surface area contributed by atoms with Crippen molar-refractivity contribution >= 4 is 21.7 Å². The van der Waals surface area contributed by atoms with Crippen molar-refractivity contribution < 1.29 is 17.2 Å². The number of benzene rings is 1. The van der Waals surface area contributed by atoms with E-state index >= 15 is 0 Å². The SMILES string of the molecule is CCNc1ccc(N2CCN(S(=O)(=O)c3cc(F)ccc3F)CC2)nn1. The van der Waals surface area contributed by atoms with Gasteiger partial charge in [-0.3, -0.25) is 0 Å². The highest BCUT2D eigenvalue weighted by Crippen LogP contribution is 2.23. The van der Waals surface area contributed by atoms with Crippen LogP contribution in [0.2, 0.25) is 0 Å². The molecule has 140 valence electrons. The maximum atomic E-state index is 13.9. The van der Waals surface area contributed by atoms with E-state index in [1.165, 1.54) is 0 Å². The van der Waals surface area contributed by atoms with Crippen LogP contribution in [0.3, 0.4) is 0 Å². The smallest absolute Gasteiger partial charge is 0.246 e. The monoisotopic (exact) mass is 383 g/mol. The van der Waals surface area contributed by atoms with Crippen LogP contribution >= 0.6 is 0 Å². The zero-order chi connectivity index (χ0) is 18.7. The average molecular weight is 383 g/mol. The Hall–Kier alpha value is -2.33. The zero-order valence-corrected chi connectivity index (χ0v) is 15.0. The highest BCUT2D eigenvalue weighted by Gasteiger charge is 2.31. The molecule has 1 saturated heterocycles. The lowest BCUT2D eigenvalue weighted by atomic mass is 10.3. The second kappa shape index (κ2) is 7.50. The van der Waals surface area contributed by atoms with E-state index < -0.39 is 26.6 Å². The molecule has 0 amide bonds. The normalized spacial score (nSPS) is 15.9. The van der Waals surface area contributed by atoms with E-state index in [1.807, 2.05) is 11.8 Å². The Morgan fingerprint density at radius 3 is 2.42 bits per heavy atom. The topological polar surface area (TPSA) is 78.4 Å². The third-order valence-corrected chi connectivity index (χ3v) is 6.00. The lowest BCUT2D eigenvalue weighted by Crippen LogP contribution is -2.49. The summed E-state index contributed by atoms with van der Waals surface area (Å²) in [4.78, 5) is 1.26. The van der Waals surface area contributed by atoms with Crippen molar-refractivity contribution in [2.75, 3.05) is 42.9 Å². The number of halogens is 2. The maximum Gasteiger partial charge on any atom is 0.246 e. The van der Waals surface area contributed by atoms with Crippen LogP contribution in [-0.2, 0) is 10.0 Å². The van der Waals surface area contributed by atoms with Gasteiger partial charge in [0, 0.05) is 32.7 Å². The second-order valence-electron chi connectivity index (χ2n) is 5.77. The average Bonchev–Trinajstić information content (AvgIpc) is 2.65. The van der Waals surface area contributed by atoms with Crippen molar-refractivity contribution in [1.82, 2.24) is 14.5 Å². The van der Waals surface area contributed by atoms with E-state index in [2.05, 4.69) is 15.5 Å². The van der Waals surface area contributed by atoms with Crippen molar-refractivity contribution in [2.45, 2.75) is 11.8 Å². The summed E-state index contributed by atoms with van der Waals surface area (Å²) in [5.74, 6) is -0.446. The first kappa shape index (κ1) is 18.5. The molecule has 3 rings (SSSR count). The molecule has 0 unspecified atom stereocenters. The molecule has 0 atom stereocenters. The summed E-state index contributed by atoms with van der Waals surface area (Å²) in [7, 11) is -4.09. The summed E-state index contributed by atoms with van der Waals surface area (Å²) >= 11 is 0. The number of sulfonamides is 1. The van der Waals surface area contributed by atoms with Crippen molar-refractivity contribution in [2.24, 2.45) is 0 Å². The predicted octanol–water partition coefficient (Wildman–Crippen LogP) is 1.70. The predicted molar refractivity (Wildman–Crippen MR) is 93.5 cm³/mol. The van der Waals surface area contributed by atoms with Gasteiger partial charge in [0.2, 0.25) is 10.0 Å². The van der Waals surface area contributed by atoms with Gasteiger partial charge >= 0.3 is 0 Å². The Morgan fingerprint density at radius 1 is 1.08 bits per heavy atom. The Morgan fingerprint density at radius 2 is 1.81 bits per heavy atom. The van der Waals surface area contributed by atoms with Crippen LogP contribution in [0.4, 0.5) is 20.4 Å². The van der Waals surface area contributed by atoms with Gasteiger partial charge in [-0.2, -0.15) is 4.31 Å². The van der Waals surface area contributed by atoms with E-state index in [0.717, 1.165) is 23.0 Å². The maximum absolute atomic E-state index is 13.9. The Balaban J connectivity index is 1.70. The van der Waals surface area contributed by atoms with Crippen LogP contribution in [-0.4, -0.2) is 55.6 Å². The largest absolute Gasteiger partial charge is 0.369 e. The van der Waals surface area contributed by atoms with E-state index in [1.54, 1.807) is 12.1 Å². The summed E-state index contributed by atoms with van der Waals surface area (Å²) < 4.78 is 53.5. The van der Waals surface area contributed by atoms with Crippen molar-refractivity contribution in [1.29, 1.82) is 0 Å². The summed E-state index contributed by atoms with van der Waals surface area (Å²) in [6.45, 7) is 3.75. The van der Waals surface area contributed by atoms with Gasteiger partial charge < -0.3 is 10.2 Å². The summed E-state index contributed by atoms with van der Waals surface area (Å²) in [6, 6.07) is 6.03. The lowest BCUT2D eigenvalue weighted by Gasteiger charge is -2.34. The van der Waals surface area contributed by atoms with Crippen LogP contribution in [0.25, 0.3) is 0 Å². The number of nitrogens with one attached hydrogen (secondary N) is 1. The molecule has 1 aliphatic rings. The van der Waals surface area contributed by atoms with Crippen LogP contribution < -0.4 is 10.2 Å². The number of anilines is 2. The molecule has 2 heterocycles. The summed E-state index contributed by atoms with van der Waals surface area (Å²) in [6.07, 6.45) is 0. The van der Waals surface area contributed by atoms with Gasteiger partial charge in [-0.25, -0.2) is 17.2 Å². The Bertz CT molecular complexity index is 869. The fourth-order valence-corrected chi connectivity index (χ4v) is 4.24. The molecule has 10 heteroatoms. The van der Waals surface area contributed by atoms with Gasteiger partial charge in [0.15, 0.2) is 5.82 Å². The third-order valence-electron chi connectivity index (χ3n) is 4.08. The fraction of sp³-hybridized carbons (Fsp3) is 0.375. The molecule has 0 spiro atoms. The molecule has 1 fully saturated rings. The van der Waals surface area contributed by atoms with Gasteiger partial charge in [0.25, 0.3) is 0 Å². The Kier molecular flexibility index (Phi) is 5.33. The standard InChI is InChI=1S/C16H19F2N5O2S/c1-2-19-15-5-6-16(21-20-15)22-7-9-23(10-8-22)26(24,25)14-11-12(17)3-4-13(14)18/h3-6,11H,2,7-10H2,1H3,(H,19,20). The Labute approximate surface area is 150 Å². The van der Waals surface area contributed by atoms with Crippen LogP contribution in [0.5, 0.6) is 0 Å². The zero-order valence-electron chi connectivity index (χ0n) is 14.2. The van der Waals surface area contributed by atoms with Gasteiger partial charge in [0.1, 0.15) is 22.3 Å². The molecule has 7 nitrogen and oxygen atoms in total. The molecule has 0 saturated carbocycles. The first-order chi connectivity index (χ1) is 12.4. The minimum Gasteiger partial charge on any atom is -0.369 e. The van der Waals surface area contributed by atoms with Crippen molar-refractivity contribution in [3.05, 3.63) is 42.0 Å². The highest BCUT2D eigenvalue weighted by molar-refractivity contribution is 7.89. The van der Waals surface area contributed by atoms with Crippen LogP contribution in [0, 0.1) is 11.6 Å². The lowest BCUT2D eigenvalue weighted by molar-refractivity contribution is 0.380. The molecule has 1 aromatic heterocycles. The first-order valence-corrected chi connectivity index (χ1v) is 9.63. The van der Waals surface area contributed by atoms with E-state index in [4.69, 9.17) is 0 Å². The van der Waals surface area contributed by atoms with Gasteiger partial charge in [0.05, 0.1) is 0 Å². The molecule has 2 aromatic rings. The van der Waals surface area contributed by atoms with Crippen molar-refractivity contribution in [3.63, 3.8) is 0 Å². The first-order valence-electron chi connectivity index (χ1n) is 8.19. The number of nitrogens with zero attached hydrogens (tertiary/aromatic N) is 4. The summed E-state index contributed by atoms with van der Waals surface area (Å²) in [5.41, 5.74) is 0. The van der Waals surface area contributed by atoms with Crippen molar-refractivity contribution in [3.8, 4) is 0 Å². The highest BCUT2D eigenvalue weighted by atomic mass is 32.2. The molecule has 1 aromatic carbocycles. The van der Waals surface area contributed by atoms with E-state index in [-0.39, 0.29) is 13.1 Å². The quantitative estimate of drug-likeness (QED) is 0.847. The number of piperazine rings is 1. The fourth-order valence-electron chi connectivity index (χ4n) is 2.74. The number of hydrogen-bond acceptors (Lipinski definition) is 6. The molecule has 1 N–H and O–H groups in total. The van der Waals surface area contributed by atoms with E-state index in [0.29, 0.717) is 30.8 Å². The molecular formula is C16H19F2N5O2S. The minimum atomic E-state index is -4.09. The number of hydrogen-bond donors (Lipinski definition) is 1. The summed E-state index contributed by atoms with van der Waals surface area (Å²) in [5, 5.41) is 11.2. The van der Waals surface area contributed by atoms with Gasteiger partial charge in [-0.1, -0.05) is 0 Å². The molecule has 0 bridgehead atoms. The van der Waals surface area contributed by atoms with Crippen LogP contribution in [0.1, 0.15) is 6.92 Å².